The molecule has 0 bridgehead atoms. The monoisotopic (exact) mass is 244 g/mol. The summed E-state index contributed by atoms with van der Waals surface area (Å²) < 4.78 is 0. The van der Waals surface area contributed by atoms with Crippen molar-refractivity contribution >= 4 is 18.5 Å². The molecule has 0 atom stereocenters. The number of carbonyl (C=O) groups excluding carboxylic acids is 1. The lowest BCUT2D eigenvalue weighted by Crippen LogP contribution is -2.22. The lowest BCUT2D eigenvalue weighted by Gasteiger charge is -2.05. The highest BCUT2D eigenvalue weighted by molar-refractivity contribution is 7.80. The summed E-state index contributed by atoms with van der Waals surface area (Å²) in [4.78, 5) is 16.6. The second kappa shape index (κ2) is 5.50. The maximum Gasteiger partial charge on any atom is 0.251 e. The van der Waals surface area contributed by atoms with E-state index >= 15 is 0 Å². The van der Waals surface area contributed by atoms with Crippen molar-refractivity contribution in [1.29, 1.82) is 0 Å². The molecule has 0 unspecified atom stereocenters. The van der Waals surface area contributed by atoms with E-state index < -0.39 is 0 Å². The van der Waals surface area contributed by atoms with E-state index in [1.54, 1.807) is 36.7 Å². The molecule has 1 aromatic carbocycles. The molecule has 1 amide bonds. The van der Waals surface area contributed by atoms with Gasteiger partial charge in [-0.1, -0.05) is 6.07 Å². The fraction of sp³-hybridized carbons (Fsp3) is 0.0769. The van der Waals surface area contributed by atoms with E-state index in [-0.39, 0.29) is 5.91 Å². The summed E-state index contributed by atoms with van der Waals surface area (Å²) in [5, 5.41) is 2.83. The summed E-state index contributed by atoms with van der Waals surface area (Å²) >= 11 is 4.17. The number of amides is 1. The lowest BCUT2D eigenvalue weighted by molar-refractivity contribution is 0.0951. The van der Waals surface area contributed by atoms with Gasteiger partial charge < -0.3 is 5.32 Å². The van der Waals surface area contributed by atoms with Gasteiger partial charge in [0.05, 0.1) is 0 Å². The van der Waals surface area contributed by atoms with Crippen LogP contribution in [0, 0.1) is 0 Å². The molecule has 1 heterocycles. The average Bonchev–Trinajstić information content (AvgIpc) is 2.38. The van der Waals surface area contributed by atoms with Gasteiger partial charge in [-0.2, -0.15) is 0 Å². The summed E-state index contributed by atoms with van der Waals surface area (Å²) in [6, 6.07) is 10.9. The molecule has 2 aromatic rings. The van der Waals surface area contributed by atoms with Crippen LogP contribution in [0.4, 0.5) is 0 Å². The van der Waals surface area contributed by atoms with Crippen molar-refractivity contribution in [2.75, 3.05) is 0 Å². The molecular formula is C13H12N2OS. The molecule has 86 valence electrons. The molecule has 0 aliphatic carbocycles. The third kappa shape index (κ3) is 3.32. The summed E-state index contributed by atoms with van der Waals surface area (Å²) in [5.74, 6) is -0.0952. The van der Waals surface area contributed by atoms with Gasteiger partial charge in [0.25, 0.3) is 5.91 Å². The highest BCUT2D eigenvalue weighted by Gasteiger charge is 2.04. The Morgan fingerprint density at radius 3 is 2.65 bits per heavy atom. The minimum Gasteiger partial charge on any atom is -0.348 e. The first kappa shape index (κ1) is 11.7. The molecule has 0 aliphatic heterocycles. The molecule has 0 fully saturated rings. The van der Waals surface area contributed by atoms with Crippen LogP contribution < -0.4 is 5.32 Å². The van der Waals surface area contributed by atoms with Gasteiger partial charge in [-0.15, -0.1) is 12.6 Å². The molecule has 0 saturated carbocycles. The maximum atomic E-state index is 11.8. The van der Waals surface area contributed by atoms with Gasteiger partial charge in [0, 0.05) is 29.4 Å². The Hall–Kier alpha value is -1.81. The van der Waals surface area contributed by atoms with Gasteiger partial charge >= 0.3 is 0 Å². The number of thiol groups is 1. The van der Waals surface area contributed by atoms with Gasteiger partial charge in [-0.3, -0.25) is 9.78 Å². The van der Waals surface area contributed by atoms with Crippen molar-refractivity contribution in [1.82, 2.24) is 10.3 Å². The van der Waals surface area contributed by atoms with Crippen LogP contribution in [0.25, 0.3) is 0 Å². The quantitative estimate of drug-likeness (QED) is 0.813. The van der Waals surface area contributed by atoms with Crippen LogP contribution in [0.2, 0.25) is 0 Å². The average molecular weight is 244 g/mol. The zero-order valence-electron chi connectivity index (χ0n) is 9.13. The van der Waals surface area contributed by atoms with Crippen LogP contribution in [0.5, 0.6) is 0 Å². The second-order valence-electron chi connectivity index (χ2n) is 3.59. The third-order valence-corrected chi connectivity index (χ3v) is 2.60. The van der Waals surface area contributed by atoms with E-state index in [2.05, 4.69) is 22.9 Å². The lowest BCUT2D eigenvalue weighted by atomic mass is 10.2. The molecule has 0 saturated heterocycles. The zero-order chi connectivity index (χ0) is 12.1. The number of benzene rings is 1. The van der Waals surface area contributed by atoms with Crippen molar-refractivity contribution in [3.05, 3.63) is 59.9 Å². The first-order chi connectivity index (χ1) is 8.25. The Morgan fingerprint density at radius 1 is 1.24 bits per heavy atom. The van der Waals surface area contributed by atoms with E-state index in [0.29, 0.717) is 12.1 Å². The van der Waals surface area contributed by atoms with Crippen LogP contribution in [-0.4, -0.2) is 10.9 Å². The maximum absolute atomic E-state index is 11.8. The van der Waals surface area contributed by atoms with Crippen LogP contribution >= 0.6 is 12.6 Å². The van der Waals surface area contributed by atoms with E-state index in [0.717, 1.165) is 10.5 Å². The minimum absolute atomic E-state index is 0.0952. The van der Waals surface area contributed by atoms with Crippen molar-refractivity contribution < 1.29 is 4.79 Å². The SMILES string of the molecule is O=C(NCc1cccnc1)c1ccc(S)cc1. The topological polar surface area (TPSA) is 42.0 Å². The number of nitrogens with zero attached hydrogens (tertiary/aromatic N) is 1. The summed E-state index contributed by atoms with van der Waals surface area (Å²) in [6.07, 6.45) is 3.44. The van der Waals surface area contributed by atoms with Crippen molar-refractivity contribution in [3.63, 3.8) is 0 Å². The van der Waals surface area contributed by atoms with Crippen LogP contribution in [0.15, 0.2) is 53.7 Å². The number of rotatable bonds is 3. The second-order valence-corrected chi connectivity index (χ2v) is 4.11. The molecule has 2 rings (SSSR count). The predicted molar refractivity (Wildman–Crippen MR) is 69.1 cm³/mol. The largest absolute Gasteiger partial charge is 0.348 e. The highest BCUT2D eigenvalue weighted by Crippen LogP contribution is 2.07. The normalized spacial score (nSPS) is 9.94. The number of aromatic nitrogens is 1. The van der Waals surface area contributed by atoms with E-state index in [1.165, 1.54) is 0 Å². The highest BCUT2D eigenvalue weighted by atomic mass is 32.1. The number of nitrogens with one attached hydrogen (secondary N) is 1. The van der Waals surface area contributed by atoms with Gasteiger partial charge in [0.2, 0.25) is 0 Å². The molecule has 3 nitrogen and oxygen atoms in total. The van der Waals surface area contributed by atoms with Crippen LogP contribution in [0.1, 0.15) is 15.9 Å². The zero-order valence-corrected chi connectivity index (χ0v) is 10.0. The minimum atomic E-state index is -0.0952. The fourth-order valence-electron chi connectivity index (χ4n) is 1.40. The van der Waals surface area contributed by atoms with Gasteiger partial charge in [0.1, 0.15) is 0 Å². The Labute approximate surface area is 105 Å². The molecule has 0 radical (unpaired) electrons. The van der Waals surface area contributed by atoms with E-state index in [1.807, 2.05) is 12.1 Å². The Bertz CT molecular complexity index is 497. The molecule has 17 heavy (non-hydrogen) atoms. The third-order valence-electron chi connectivity index (χ3n) is 2.31. The molecule has 1 aromatic heterocycles. The van der Waals surface area contributed by atoms with Crippen LogP contribution in [-0.2, 0) is 6.54 Å². The van der Waals surface area contributed by atoms with Gasteiger partial charge in [0.15, 0.2) is 0 Å². The van der Waals surface area contributed by atoms with Gasteiger partial charge in [-0.05, 0) is 35.9 Å². The molecule has 1 N–H and O–H groups in total. The Morgan fingerprint density at radius 2 is 2.00 bits per heavy atom. The Balaban J connectivity index is 1.96. The first-order valence-electron chi connectivity index (χ1n) is 5.22. The number of carbonyl (C=O) groups is 1. The smallest absolute Gasteiger partial charge is 0.251 e. The van der Waals surface area contributed by atoms with Crippen molar-refractivity contribution in [2.45, 2.75) is 11.4 Å². The molecule has 4 heteroatoms. The summed E-state index contributed by atoms with van der Waals surface area (Å²) in [5.41, 5.74) is 1.61. The molecular weight excluding hydrogens is 232 g/mol. The van der Waals surface area contributed by atoms with Crippen molar-refractivity contribution in [2.24, 2.45) is 0 Å². The Kier molecular flexibility index (Phi) is 3.77. The fourth-order valence-corrected chi connectivity index (χ4v) is 1.55. The predicted octanol–water partition coefficient (Wildman–Crippen LogP) is 2.30. The summed E-state index contributed by atoms with van der Waals surface area (Å²) in [6.45, 7) is 0.481. The van der Waals surface area contributed by atoms with E-state index in [4.69, 9.17) is 0 Å². The number of hydrogen-bond donors (Lipinski definition) is 2. The summed E-state index contributed by atoms with van der Waals surface area (Å²) in [7, 11) is 0. The molecule has 0 spiro atoms. The van der Waals surface area contributed by atoms with E-state index in [9.17, 15) is 4.79 Å². The van der Waals surface area contributed by atoms with Crippen molar-refractivity contribution in [3.8, 4) is 0 Å². The number of hydrogen-bond acceptors (Lipinski definition) is 3. The van der Waals surface area contributed by atoms with Gasteiger partial charge in [-0.25, -0.2) is 0 Å². The number of pyridine rings is 1. The standard InChI is InChI=1S/C13H12N2OS/c16-13(11-3-5-12(17)6-4-11)15-9-10-2-1-7-14-8-10/h1-8,17H,9H2,(H,15,16). The van der Waals surface area contributed by atoms with Crippen LogP contribution in [0.3, 0.4) is 0 Å². The molecule has 0 aliphatic rings. The first-order valence-corrected chi connectivity index (χ1v) is 5.66.